The molecule has 0 saturated heterocycles. The van der Waals surface area contributed by atoms with Crippen LogP contribution in [0.25, 0.3) is 5.69 Å². The van der Waals surface area contributed by atoms with Crippen molar-refractivity contribution in [1.82, 2.24) is 20.1 Å². The predicted molar refractivity (Wildman–Crippen MR) is 93.3 cm³/mol. The molecule has 1 aromatic heterocycles. The lowest BCUT2D eigenvalue weighted by Gasteiger charge is -2.25. The molecule has 1 aliphatic heterocycles. The molecule has 0 bridgehead atoms. The Bertz CT molecular complexity index is 846. The Labute approximate surface area is 144 Å². The number of carbonyl (C=O) groups is 1. The van der Waals surface area contributed by atoms with Gasteiger partial charge in [-0.1, -0.05) is 18.2 Å². The van der Waals surface area contributed by atoms with Crippen molar-refractivity contribution in [2.45, 2.75) is 17.4 Å². The monoisotopic (exact) mass is 336 g/mol. The first kappa shape index (κ1) is 15.0. The van der Waals surface area contributed by atoms with Gasteiger partial charge in [0, 0.05) is 16.2 Å². The van der Waals surface area contributed by atoms with E-state index in [0.717, 1.165) is 17.9 Å². The standard InChI is InChI=1S/C18H16N4OS/c23-18(13-5-7-14(8-6-13)22-12-19-11-20-22)21-16-9-10-24-17-4-2-1-3-15(16)17/h1-8,11-12,16H,9-10H2,(H,21,23). The van der Waals surface area contributed by atoms with Gasteiger partial charge in [0.2, 0.25) is 0 Å². The Morgan fingerprint density at radius 1 is 1.17 bits per heavy atom. The van der Waals surface area contributed by atoms with E-state index in [4.69, 9.17) is 0 Å². The minimum Gasteiger partial charge on any atom is -0.345 e. The molecule has 24 heavy (non-hydrogen) atoms. The zero-order valence-electron chi connectivity index (χ0n) is 12.9. The van der Waals surface area contributed by atoms with Crippen LogP contribution in [-0.4, -0.2) is 26.4 Å². The average molecular weight is 336 g/mol. The third kappa shape index (κ3) is 2.92. The summed E-state index contributed by atoms with van der Waals surface area (Å²) in [4.78, 5) is 17.8. The molecule has 3 aromatic rings. The van der Waals surface area contributed by atoms with Gasteiger partial charge in [0.15, 0.2) is 0 Å². The minimum absolute atomic E-state index is 0.0492. The van der Waals surface area contributed by atoms with Gasteiger partial charge in [-0.15, -0.1) is 11.8 Å². The maximum Gasteiger partial charge on any atom is 0.251 e. The van der Waals surface area contributed by atoms with Crippen LogP contribution in [0.1, 0.15) is 28.4 Å². The summed E-state index contributed by atoms with van der Waals surface area (Å²) in [5.41, 5.74) is 2.74. The van der Waals surface area contributed by atoms with Crippen molar-refractivity contribution in [2.24, 2.45) is 0 Å². The highest BCUT2D eigenvalue weighted by molar-refractivity contribution is 7.99. The summed E-state index contributed by atoms with van der Waals surface area (Å²) < 4.78 is 1.66. The van der Waals surface area contributed by atoms with Gasteiger partial charge in [-0.25, -0.2) is 9.67 Å². The Balaban J connectivity index is 1.51. The summed E-state index contributed by atoms with van der Waals surface area (Å²) in [6.07, 6.45) is 4.06. The quantitative estimate of drug-likeness (QED) is 0.798. The van der Waals surface area contributed by atoms with Gasteiger partial charge in [0.25, 0.3) is 5.91 Å². The smallest absolute Gasteiger partial charge is 0.251 e. The van der Waals surface area contributed by atoms with Crippen LogP contribution in [0.2, 0.25) is 0 Å². The molecule has 6 heteroatoms. The van der Waals surface area contributed by atoms with Gasteiger partial charge < -0.3 is 5.32 Å². The topological polar surface area (TPSA) is 59.8 Å². The summed E-state index contributed by atoms with van der Waals surface area (Å²) in [6, 6.07) is 15.7. The van der Waals surface area contributed by atoms with Crippen molar-refractivity contribution < 1.29 is 4.79 Å². The maximum atomic E-state index is 12.6. The van der Waals surface area contributed by atoms with Crippen LogP contribution in [-0.2, 0) is 0 Å². The second kappa shape index (κ2) is 6.49. The minimum atomic E-state index is -0.0492. The molecular weight excluding hydrogens is 320 g/mol. The van der Waals surface area contributed by atoms with E-state index in [9.17, 15) is 4.79 Å². The fraction of sp³-hybridized carbons (Fsp3) is 0.167. The molecular formula is C18H16N4OS. The molecule has 1 unspecified atom stereocenters. The molecule has 1 amide bonds. The largest absolute Gasteiger partial charge is 0.345 e. The number of carbonyl (C=O) groups excluding carboxylic acids is 1. The first-order chi connectivity index (χ1) is 11.8. The van der Waals surface area contributed by atoms with Crippen molar-refractivity contribution in [3.63, 3.8) is 0 Å². The predicted octanol–water partition coefficient (Wildman–Crippen LogP) is 3.23. The molecule has 0 spiro atoms. The first-order valence-electron chi connectivity index (χ1n) is 7.79. The number of thioether (sulfide) groups is 1. The van der Waals surface area contributed by atoms with Gasteiger partial charge in [0.05, 0.1) is 11.7 Å². The fourth-order valence-corrected chi connectivity index (χ4v) is 3.97. The van der Waals surface area contributed by atoms with Gasteiger partial charge >= 0.3 is 0 Å². The van der Waals surface area contributed by atoms with E-state index < -0.39 is 0 Å². The molecule has 2 heterocycles. The van der Waals surface area contributed by atoms with Crippen LogP contribution in [0.5, 0.6) is 0 Å². The van der Waals surface area contributed by atoms with Crippen LogP contribution < -0.4 is 5.32 Å². The van der Waals surface area contributed by atoms with Gasteiger partial charge in [0.1, 0.15) is 12.7 Å². The maximum absolute atomic E-state index is 12.6. The normalized spacial score (nSPS) is 16.4. The second-order valence-electron chi connectivity index (χ2n) is 5.59. The average Bonchev–Trinajstić information content (AvgIpc) is 3.17. The third-order valence-corrected chi connectivity index (χ3v) is 5.20. The molecule has 1 atom stereocenters. The van der Waals surface area contributed by atoms with Gasteiger partial charge in [-0.2, -0.15) is 5.10 Å². The van der Waals surface area contributed by atoms with E-state index in [-0.39, 0.29) is 11.9 Å². The molecule has 0 radical (unpaired) electrons. The highest BCUT2D eigenvalue weighted by atomic mass is 32.2. The second-order valence-corrected chi connectivity index (χ2v) is 6.72. The highest BCUT2D eigenvalue weighted by Gasteiger charge is 2.22. The van der Waals surface area contributed by atoms with E-state index >= 15 is 0 Å². The Morgan fingerprint density at radius 2 is 2.00 bits per heavy atom. The van der Waals surface area contributed by atoms with Crippen LogP contribution in [0.4, 0.5) is 0 Å². The van der Waals surface area contributed by atoms with Gasteiger partial charge in [-0.05, 0) is 42.3 Å². The van der Waals surface area contributed by atoms with Crippen molar-refractivity contribution >= 4 is 17.7 Å². The highest BCUT2D eigenvalue weighted by Crippen LogP contribution is 2.35. The number of benzene rings is 2. The zero-order valence-corrected chi connectivity index (χ0v) is 13.7. The SMILES string of the molecule is O=C(NC1CCSc2ccccc21)c1ccc(-n2cncn2)cc1. The summed E-state index contributed by atoms with van der Waals surface area (Å²) in [6.45, 7) is 0. The lowest BCUT2D eigenvalue weighted by Crippen LogP contribution is -2.30. The first-order valence-corrected chi connectivity index (χ1v) is 8.77. The summed E-state index contributed by atoms with van der Waals surface area (Å²) in [5.74, 6) is 0.972. The van der Waals surface area contributed by atoms with Crippen LogP contribution >= 0.6 is 11.8 Å². The Kier molecular flexibility index (Phi) is 4.04. The Morgan fingerprint density at radius 3 is 2.79 bits per heavy atom. The summed E-state index contributed by atoms with van der Waals surface area (Å²) in [5, 5.41) is 7.24. The molecule has 0 saturated carbocycles. The van der Waals surface area contributed by atoms with Gasteiger partial charge in [-0.3, -0.25) is 4.79 Å². The molecule has 0 aliphatic carbocycles. The summed E-state index contributed by atoms with van der Waals surface area (Å²) in [7, 11) is 0. The van der Waals surface area contributed by atoms with Crippen LogP contribution in [0.15, 0.2) is 66.1 Å². The van der Waals surface area contributed by atoms with E-state index in [0.29, 0.717) is 5.56 Å². The molecule has 120 valence electrons. The number of aromatic nitrogens is 3. The third-order valence-electron chi connectivity index (χ3n) is 4.08. The molecule has 5 nitrogen and oxygen atoms in total. The molecule has 2 aromatic carbocycles. The number of nitrogens with zero attached hydrogens (tertiary/aromatic N) is 3. The van der Waals surface area contributed by atoms with Crippen molar-refractivity contribution in [3.05, 3.63) is 72.3 Å². The number of fused-ring (bicyclic) bond motifs is 1. The van der Waals surface area contributed by atoms with Crippen molar-refractivity contribution in [1.29, 1.82) is 0 Å². The van der Waals surface area contributed by atoms with Crippen molar-refractivity contribution in [3.8, 4) is 5.69 Å². The number of nitrogens with one attached hydrogen (secondary N) is 1. The molecule has 4 rings (SSSR count). The Hall–Kier alpha value is -2.60. The molecule has 0 fully saturated rings. The summed E-state index contributed by atoms with van der Waals surface area (Å²) >= 11 is 1.85. The lowest BCUT2D eigenvalue weighted by molar-refractivity contribution is 0.0935. The zero-order chi connectivity index (χ0) is 16.4. The van der Waals surface area contributed by atoms with E-state index in [1.54, 1.807) is 11.0 Å². The van der Waals surface area contributed by atoms with Crippen LogP contribution in [0, 0.1) is 0 Å². The number of amides is 1. The van der Waals surface area contributed by atoms with Crippen molar-refractivity contribution in [2.75, 3.05) is 5.75 Å². The molecule has 1 N–H and O–H groups in total. The number of rotatable bonds is 3. The lowest BCUT2D eigenvalue weighted by atomic mass is 10.0. The number of hydrogen-bond acceptors (Lipinski definition) is 4. The number of hydrogen-bond donors (Lipinski definition) is 1. The van der Waals surface area contributed by atoms with Crippen LogP contribution in [0.3, 0.4) is 0 Å². The fourth-order valence-electron chi connectivity index (χ4n) is 2.84. The molecule has 1 aliphatic rings. The van der Waals surface area contributed by atoms with E-state index in [2.05, 4.69) is 27.5 Å². The van der Waals surface area contributed by atoms with E-state index in [1.807, 2.05) is 48.2 Å². The van der Waals surface area contributed by atoms with E-state index in [1.165, 1.54) is 16.8 Å².